The van der Waals surface area contributed by atoms with E-state index in [1.807, 2.05) is 30.3 Å². The number of nitrogens with two attached hydrogens (primary N) is 1. The molecule has 0 aliphatic rings. The zero-order valence-electron chi connectivity index (χ0n) is 8.85. The van der Waals surface area contributed by atoms with Crippen molar-refractivity contribution < 1.29 is 9.53 Å². The Bertz CT molecular complexity index is 301. The fraction of sp³-hybridized carbons (Fsp3) is 0.364. The van der Waals surface area contributed by atoms with Crippen molar-refractivity contribution in [2.24, 2.45) is 5.84 Å². The quantitative estimate of drug-likeness (QED) is 0.444. The molecule has 2 N–H and O–H groups in total. The Morgan fingerprint density at radius 3 is 2.67 bits per heavy atom. The molecule has 0 aliphatic carbocycles. The molecule has 1 aromatic rings. The van der Waals surface area contributed by atoms with Gasteiger partial charge in [0, 0.05) is 6.54 Å². The molecule has 1 aromatic carbocycles. The normalized spacial score (nSPS) is 10.3. The van der Waals surface area contributed by atoms with Gasteiger partial charge in [0.1, 0.15) is 6.54 Å². The molecule has 0 unspecified atom stereocenters. The van der Waals surface area contributed by atoms with Crippen LogP contribution in [0.4, 0.5) is 0 Å². The predicted molar refractivity (Wildman–Crippen MR) is 57.7 cm³/mol. The summed E-state index contributed by atoms with van der Waals surface area (Å²) in [5.74, 6) is 5.37. The number of carbonyl (C=O) groups is 1. The van der Waals surface area contributed by atoms with Gasteiger partial charge in [-0.15, -0.1) is 0 Å². The molecule has 0 heterocycles. The molecule has 0 fully saturated rings. The lowest BCUT2D eigenvalue weighted by atomic mass is 10.2. The van der Waals surface area contributed by atoms with E-state index in [9.17, 15) is 4.79 Å². The SMILES string of the molecule is CCOC(=O)CN(N)Cc1ccccc1. The average molecular weight is 208 g/mol. The summed E-state index contributed by atoms with van der Waals surface area (Å²) in [4.78, 5) is 11.1. The van der Waals surface area contributed by atoms with Gasteiger partial charge in [-0.3, -0.25) is 10.6 Å². The Kier molecular flexibility index (Phi) is 4.80. The monoisotopic (exact) mass is 208 g/mol. The van der Waals surface area contributed by atoms with Crippen LogP contribution in [0.15, 0.2) is 30.3 Å². The van der Waals surface area contributed by atoms with Crippen molar-refractivity contribution in [3.63, 3.8) is 0 Å². The Hall–Kier alpha value is -1.39. The molecule has 0 bridgehead atoms. The minimum Gasteiger partial charge on any atom is -0.465 e. The van der Waals surface area contributed by atoms with E-state index in [1.54, 1.807) is 6.92 Å². The Labute approximate surface area is 89.6 Å². The van der Waals surface area contributed by atoms with E-state index < -0.39 is 0 Å². The number of hydrogen-bond acceptors (Lipinski definition) is 4. The highest BCUT2D eigenvalue weighted by molar-refractivity contribution is 5.71. The van der Waals surface area contributed by atoms with E-state index in [-0.39, 0.29) is 12.5 Å². The minimum absolute atomic E-state index is 0.114. The molecule has 0 saturated carbocycles. The third-order valence-corrected chi connectivity index (χ3v) is 1.87. The van der Waals surface area contributed by atoms with Crippen LogP contribution >= 0.6 is 0 Å². The fourth-order valence-electron chi connectivity index (χ4n) is 1.25. The number of benzene rings is 1. The van der Waals surface area contributed by atoms with E-state index in [1.165, 1.54) is 5.01 Å². The van der Waals surface area contributed by atoms with Gasteiger partial charge >= 0.3 is 5.97 Å². The maximum absolute atomic E-state index is 11.1. The number of nitrogens with zero attached hydrogens (tertiary/aromatic N) is 1. The molecule has 82 valence electrons. The first-order valence-electron chi connectivity index (χ1n) is 4.91. The van der Waals surface area contributed by atoms with E-state index in [0.717, 1.165) is 5.56 Å². The highest BCUT2D eigenvalue weighted by Gasteiger charge is 2.07. The van der Waals surface area contributed by atoms with Gasteiger partial charge in [0.2, 0.25) is 0 Å². The van der Waals surface area contributed by atoms with Gasteiger partial charge in [0.05, 0.1) is 6.61 Å². The first-order valence-corrected chi connectivity index (χ1v) is 4.91. The summed E-state index contributed by atoms with van der Waals surface area (Å²) in [6, 6.07) is 9.74. The fourth-order valence-corrected chi connectivity index (χ4v) is 1.25. The standard InChI is InChI=1S/C11H16N2O2/c1-2-15-11(14)9-13(12)8-10-6-4-3-5-7-10/h3-7H,2,8-9,12H2,1H3. The summed E-state index contributed by atoms with van der Waals surface area (Å²) >= 11 is 0. The van der Waals surface area contributed by atoms with Crippen molar-refractivity contribution >= 4 is 5.97 Å². The van der Waals surface area contributed by atoms with Crippen molar-refractivity contribution in [1.29, 1.82) is 0 Å². The van der Waals surface area contributed by atoms with Crippen LogP contribution in [0.1, 0.15) is 12.5 Å². The van der Waals surface area contributed by atoms with Crippen LogP contribution in [0, 0.1) is 0 Å². The minimum atomic E-state index is -0.295. The lowest BCUT2D eigenvalue weighted by Crippen LogP contribution is -2.36. The molecule has 0 atom stereocenters. The van der Waals surface area contributed by atoms with Crippen LogP contribution in [-0.4, -0.2) is 24.1 Å². The molecule has 0 radical (unpaired) electrons. The molecule has 0 aliphatic heterocycles. The number of hydrazine groups is 1. The van der Waals surface area contributed by atoms with Crippen molar-refractivity contribution in [1.82, 2.24) is 5.01 Å². The van der Waals surface area contributed by atoms with E-state index in [0.29, 0.717) is 13.2 Å². The predicted octanol–water partition coefficient (Wildman–Crippen LogP) is 0.925. The van der Waals surface area contributed by atoms with Gasteiger partial charge in [-0.25, -0.2) is 5.01 Å². The lowest BCUT2D eigenvalue weighted by molar-refractivity contribution is -0.144. The Balaban J connectivity index is 2.36. The molecular weight excluding hydrogens is 192 g/mol. The van der Waals surface area contributed by atoms with Crippen molar-refractivity contribution in [3.05, 3.63) is 35.9 Å². The van der Waals surface area contributed by atoms with Gasteiger partial charge in [0.15, 0.2) is 0 Å². The molecular formula is C11H16N2O2. The molecule has 4 nitrogen and oxygen atoms in total. The smallest absolute Gasteiger partial charge is 0.321 e. The van der Waals surface area contributed by atoms with E-state index >= 15 is 0 Å². The Morgan fingerprint density at radius 2 is 2.07 bits per heavy atom. The molecule has 0 spiro atoms. The first-order chi connectivity index (χ1) is 7.22. The second-order valence-electron chi connectivity index (χ2n) is 3.20. The molecule has 1 rings (SSSR count). The average Bonchev–Trinajstić information content (AvgIpc) is 2.19. The first kappa shape index (κ1) is 11.7. The van der Waals surface area contributed by atoms with Crippen molar-refractivity contribution in [2.45, 2.75) is 13.5 Å². The number of esters is 1. The van der Waals surface area contributed by atoms with Gasteiger partial charge in [-0.1, -0.05) is 30.3 Å². The zero-order chi connectivity index (χ0) is 11.1. The number of carbonyl (C=O) groups excluding carboxylic acids is 1. The van der Waals surface area contributed by atoms with Gasteiger partial charge < -0.3 is 4.74 Å². The molecule has 4 heteroatoms. The van der Waals surface area contributed by atoms with Crippen LogP contribution in [0.2, 0.25) is 0 Å². The van der Waals surface area contributed by atoms with Gasteiger partial charge in [-0.2, -0.15) is 0 Å². The lowest BCUT2D eigenvalue weighted by Gasteiger charge is -2.14. The molecule has 0 saturated heterocycles. The summed E-state index contributed by atoms with van der Waals surface area (Å²) in [6.45, 7) is 2.82. The Morgan fingerprint density at radius 1 is 1.40 bits per heavy atom. The van der Waals surface area contributed by atoms with Gasteiger partial charge in [-0.05, 0) is 12.5 Å². The summed E-state index contributed by atoms with van der Waals surface area (Å²) in [5, 5.41) is 1.44. The summed E-state index contributed by atoms with van der Waals surface area (Å²) in [5.41, 5.74) is 1.07. The van der Waals surface area contributed by atoms with Crippen LogP contribution in [-0.2, 0) is 16.1 Å². The van der Waals surface area contributed by atoms with Crippen LogP contribution in [0.25, 0.3) is 0 Å². The number of rotatable bonds is 5. The molecule has 0 amide bonds. The topological polar surface area (TPSA) is 55.6 Å². The van der Waals surface area contributed by atoms with Crippen LogP contribution in [0.5, 0.6) is 0 Å². The summed E-state index contributed by atoms with van der Waals surface area (Å²) in [7, 11) is 0. The molecule has 15 heavy (non-hydrogen) atoms. The molecule has 0 aromatic heterocycles. The van der Waals surface area contributed by atoms with E-state index in [2.05, 4.69) is 0 Å². The maximum Gasteiger partial charge on any atom is 0.321 e. The number of ether oxygens (including phenoxy) is 1. The second-order valence-corrected chi connectivity index (χ2v) is 3.20. The van der Waals surface area contributed by atoms with Crippen molar-refractivity contribution in [3.8, 4) is 0 Å². The number of hydrogen-bond donors (Lipinski definition) is 1. The van der Waals surface area contributed by atoms with Gasteiger partial charge in [0.25, 0.3) is 0 Å². The summed E-state index contributed by atoms with van der Waals surface area (Å²) < 4.78 is 4.79. The third-order valence-electron chi connectivity index (χ3n) is 1.87. The highest BCUT2D eigenvalue weighted by Crippen LogP contribution is 2.00. The largest absolute Gasteiger partial charge is 0.465 e. The summed E-state index contributed by atoms with van der Waals surface area (Å²) in [6.07, 6.45) is 0. The zero-order valence-corrected chi connectivity index (χ0v) is 8.85. The third kappa shape index (κ3) is 4.58. The van der Waals surface area contributed by atoms with Crippen LogP contribution in [0.3, 0.4) is 0 Å². The van der Waals surface area contributed by atoms with Crippen molar-refractivity contribution in [2.75, 3.05) is 13.2 Å². The van der Waals surface area contributed by atoms with Crippen LogP contribution < -0.4 is 5.84 Å². The second kappa shape index (κ2) is 6.16. The maximum atomic E-state index is 11.1. The highest BCUT2D eigenvalue weighted by atomic mass is 16.5. The van der Waals surface area contributed by atoms with E-state index in [4.69, 9.17) is 10.6 Å².